The van der Waals surface area contributed by atoms with Crippen LogP contribution in [0.15, 0.2) is 59.5 Å². The number of piperidine rings is 1. The van der Waals surface area contributed by atoms with Crippen molar-refractivity contribution in [1.29, 1.82) is 0 Å². The molecule has 1 aliphatic rings. The summed E-state index contributed by atoms with van der Waals surface area (Å²) >= 11 is 0. The Morgan fingerprint density at radius 3 is 2.28 bits per heavy atom. The smallest absolute Gasteiger partial charge is 0.264 e. The number of nitrogens with zero attached hydrogens (tertiary/aromatic N) is 2. The van der Waals surface area contributed by atoms with Gasteiger partial charge in [0.1, 0.15) is 0 Å². The fraction of sp³-hybridized carbons (Fsp3) is 0.409. The van der Waals surface area contributed by atoms with Gasteiger partial charge in [0.25, 0.3) is 15.9 Å². The SMILES string of the molecule is CON(C)S(=O)(=O)c1ccc(C(=O)N2CCC(CCc3ccccc3)CC2)cc1. The standard InChI is InChI=1S/C22H28N2O4S/c1-23(28-2)29(26,27)21-12-10-20(11-13-21)22(25)24-16-14-19(15-17-24)9-8-18-6-4-3-5-7-18/h3-7,10-13,19H,8-9,14-17H2,1-2H3. The topological polar surface area (TPSA) is 66.9 Å². The summed E-state index contributed by atoms with van der Waals surface area (Å²) in [5, 5.41) is 0. The van der Waals surface area contributed by atoms with E-state index in [2.05, 4.69) is 24.3 Å². The van der Waals surface area contributed by atoms with Crippen molar-refractivity contribution >= 4 is 15.9 Å². The fourth-order valence-electron chi connectivity index (χ4n) is 3.64. The quantitative estimate of drug-likeness (QED) is 0.649. The highest BCUT2D eigenvalue weighted by Crippen LogP contribution is 2.24. The van der Waals surface area contributed by atoms with Crippen LogP contribution in [0.5, 0.6) is 0 Å². The lowest BCUT2D eigenvalue weighted by atomic mass is 9.90. The third-order valence-electron chi connectivity index (χ3n) is 5.58. The molecule has 1 fully saturated rings. The minimum absolute atomic E-state index is 0.0458. The Kier molecular flexibility index (Phi) is 7.05. The summed E-state index contributed by atoms with van der Waals surface area (Å²) in [6.07, 6.45) is 4.23. The van der Waals surface area contributed by atoms with Crippen LogP contribution in [0, 0.1) is 5.92 Å². The van der Waals surface area contributed by atoms with E-state index in [9.17, 15) is 13.2 Å². The number of amides is 1. The molecule has 2 aromatic carbocycles. The van der Waals surface area contributed by atoms with Gasteiger partial charge in [-0.15, -0.1) is 0 Å². The highest BCUT2D eigenvalue weighted by atomic mass is 32.2. The first kappa shape index (κ1) is 21.5. The van der Waals surface area contributed by atoms with E-state index in [-0.39, 0.29) is 10.8 Å². The fourth-order valence-corrected chi connectivity index (χ4v) is 4.61. The second-order valence-corrected chi connectivity index (χ2v) is 9.32. The molecule has 0 aliphatic carbocycles. The largest absolute Gasteiger partial charge is 0.339 e. The molecular formula is C22H28N2O4S. The van der Waals surface area contributed by atoms with Crippen LogP contribution in [0.4, 0.5) is 0 Å². The number of aryl methyl sites for hydroxylation is 1. The Labute approximate surface area is 173 Å². The highest BCUT2D eigenvalue weighted by Gasteiger charge is 2.25. The van der Waals surface area contributed by atoms with Crippen LogP contribution in [0.3, 0.4) is 0 Å². The van der Waals surface area contributed by atoms with Gasteiger partial charge in [0, 0.05) is 25.7 Å². The lowest BCUT2D eigenvalue weighted by molar-refractivity contribution is -0.0258. The van der Waals surface area contributed by atoms with E-state index in [0.29, 0.717) is 11.5 Å². The van der Waals surface area contributed by atoms with Crippen molar-refractivity contribution in [2.24, 2.45) is 5.92 Å². The molecule has 1 heterocycles. The number of hydrogen-bond acceptors (Lipinski definition) is 4. The normalized spacial score (nSPS) is 15.6. The molecule has 1 aliphatic heterocycles. The number of hydrogen-bond donors (Lipinski definition) is 0. The second-order valence-electron chi connectivity index (χ2n) is 7.38. The maximum absolute atomic E-state index is 12.8. The summed E-state index contributed by atoms with van der Waals surface area (Å²) in [6.45, 7) is 1.48. The molecule has 156 valence electrons. The molecule has 0 unspecified atom stereocenters. The predicted molar refractivity (Wildman–Crippen MR) is 112 cm³/mol. The van der Waals surface area contributed by atoms with Gasteiger partial charge in [-0.25, -0.2) is 8.42 Å². The molecule has 6 nitrogen and oxygen atoms in total. The molecule has 7 heteroatoms. The lowest BCUT2D eigenvalue weighted by Gasteiger charge is -2.32. The van der Waals surface area contributed by atoms with E-state index in [0.717, 1.165) is 43.2 Å². The summed E-state index contributed by atoms with van der Waals surface area (Å²) in [5.74, 6) is 0.590. The first-order valence-corrected chi connectivity index (χ1v) is 11.3. The van der Waals surface area contributed by atoms with E-state index in [1.807, 2.05) is 11.0 Å². The molecule has 0 spiro atoms. The minimum atomic E-state index is -3.71. The molecule has 2 aromatic rings. The van der Waals surface area contributed by atoms with Crippen molar-refractivity contribution in [2.75, 3.05) is 27.2 Å². The zero-order chi connectivity index (χ0) is 20.9. The van der Waals surface area contributed by atoms with Crippen LogP contribution in [-0.2, 0) is 21.3 Å². The average Bonchev–Trinajstić information content (AvgIpc) is 2.77. The van der Waals surface area contributed by atoms with Gasteiger partial charge in [0.15, 0.2) is 0 Å². The highest BCUT2D eigenvalue weighted by molar-refractivity contribution is 7.89. The summed E-state index contributed by atoms with van der Waals surface area (Å²) in [5.41, 5.74) is 1.87. The summed E-state index contributed by atoms with van der Waals surface area (Å²) in [6, 6.07) is 16.5. The van der Waals surface area contributed by atoms with Crippen molar-refractivity contribution in [3.8, 4) is 0 Å². The molecular weight excluding hydrogens is 388 g/mol. The Bertz CT molecular complexity index is 906. The lowest BCUT2D eigenvalue weighted by Crippen LogP contribution is -2.38. The van der Waals surface area contributed by atoms with Crippen molar-refractivity contribution in [1.82, 2.24) is 9.37 Å². The third kappa shape index (κ3) is 5.23. The number of benzene rings is 2. The summed E-state index contributed by atoms with van der Waals surface area (Å²) < 4.78 is 25.3. The monoisotopic (exact) mass is 416 g/mol. The van der Waals surface area contributed by atoms with E-state index in [1.54, 1.807) is 12.1 Å². The third-order valence-corrected chi connectivity index (χ3v) is 7.27. The zero-order valence-electron chi connectivity index (χ0n) is 17.0. The molecule has 29 heavy (non-hydrogen) atoms. The van der Waals surface area contributed by atoms with Gasteiger partial charge in [-0.2, -0.15) is 0 Å². The van der Waals surface area contributed by atoms with Gasteiger partial charge in [-0.3, -0.25) is 9.63 Å². The molecule has 0 radical (unpaired) electrons. The van der Waals surface area contributed by atoms with Gasteiger partial charge in [0.2, 0.25) is 0 Å². The molecule has 1 saturated heterocycles. The summed E-state index contributed by atoms with van der Waals surface area (Å²) in [4.78, 5) is 19.5. The number of sulfonamides is 1. The van der Waals surface area contributed by atoms with Gasteiger partial charge >= 0.3 is 0 Å². The number of hydroxylamine groups is 1. The van der Waals surface area contributed by atoms with E-state index < -0.39 is 10.0 Å². The summed E-state index contributed by atoms with van der Waals surface area (Å²) in [7, 11) is -1.09. The zero-order valence-corrected chi connectivity index (χ0v) is 17.8. The van der Waals surface area contributed by atoms with Crippen molar-refractivity contribution in [3.05, 3.63) is 65.7 Å². The van der Waals surface area contributed by atoms with Crippen molar-refractivity contribution < 1.29 is 18.0 Å². The number of carbonyl (C=O) groups excluding carboxylic acids is 1. The molecule has 3 rings (SSSR count). The van der Waals surface area contributed by atoms with Crippen LogP contribution < -0.4 is 0 Å². The van der Waals surface area contributed by atoms with Crippen LogP contribution in [0.1, 0.15) is 35.2 Å². The van der Waals surface area contributed by atoms with E-state index >= 15 is 0 Å². The second kappa shape index (κ2) is 9.52. The van der Waals surface area contributed by atoms with Crippen LogP contribution in [0.2, 0.25) is 0 Å². The Morgan fingerprint density at radius 1 is 1.07 bits per heavy atom. The molecule has 0 atom stereocenters. The first-order chi connectivity index (χ1) is 13.9. The molecule has 0 N–H and O–H groups in total. The Morgan fingerprint density at radius 2 is 1.69 bits per heavy atom. The number of carbonyl (C=O) groups is 1. The average molecular weight is 417 g/mol. The maximum atomic E-state index is 12.8. The number of rotatable bonds is 7. The number of likely N-dealkylation sites (tertiary alicyclic amines) is 1. The molecule has 0 bridgehead atoms. The minimum Gasteiger partial charge on any atom is -0.339 e. The van der Waals surface area contributed by atoms with Crippen LogP contribution in [-0.4, -0.2) is 50.9 Å². The maximum Gasteiger partial charge on any atom is 0.264 e. The van der Waals surface area contributed by atoms with Crippen LogP contribution >= 0.6 is 0 Å². The Balaban J connectivity index is 1.54. The van der Waals surface area contributed by atoms with E-state index in [1.165, 1.54) is 31.9 Å². The van der Waals surface area contributed by atoms with Crippen molar-refractivity contribution in [3.63, 3.8) is 0 Å². The molecule has 0 saturated carbocycles. The Hall–Kier alpha value is -2.22. The van der Waals surface area contributed by atoms with Gasteiger partial charge < -0.3 is 4.90 Å². The van der Waals surface area contributed by atoms with Gasteiger partial charge in [0.05, 0.1) is 12.0 Å². The van der Waals surface area contributed by atoms with Gasteiger partial charge in [-0.05, 0) is 61.4 Å². The predicted octanol–water partition coefficient (Wildman–Crippen LogP) is 3.35. The van der Waals surface area contributed by atoms with Crippen molar-refractivity contribution in [2.45, 2.75) is 30.6 Å². The molecule has 0 aromatic heterocycles. The van der Waals surface area contributed by atoms with Gasteiger partial charge in [-0.1, -0.05) is 34.8 Å². The first-order valence-electron chi connectivity index (χ1n) is 9.88. The molecule has 1 amide bonds. The van der Waals surface area contributed by atoms with Crippen LogP contribution in [0.25, 0.3) is 0 Å². The van der Waals surface area contributed by atoms with E-state index in [4.69, 9.17) is 4.84 Å².